The van der Waals surface area contributed by atoms with Crippen molar-refractivity contribution in [3.8, 4) is 0 Å². The molecular formula is C13H19NO6. The Kier molecular flexibility index (Phi) is 5.84. The Bertz CT molecular complexity index is 429. The van der Waals surface area contributed by atoms with Crippen molar-refractivity contribution in [3.05, 3.63) is 11.6 Å². The predicted molar refractivity (Wildman–Crippen MR) is 68.3 cm³/mol. The van der Waals surface area contributed by atoms with E-state index in [1.165, 1.54) is 6.08 Å². The van der Waals surface area contributed by atoms with E-state index in [1.54, 1.807) is 0 Å². The SMILES string of the molecule is CC(C)C1=CC(=O)N(CCC(=O)OC[C@H](O)CO)C1=O. The number of nitrogens with zero attached hydrogens (tertiary/aromatic N) is 1. The largest absolute Gasteiger partial charge is 0.463 e. The van der Waals surface area contributed by atoms with Gasteiger partial charge in [-0.15, -0.1) is 0 Å². The van der Waals surface area contributed by atoms with E-state index in [1.807, 2.05) is 13.8 Å². The predicted octanol–water partition coefficient (Wildman–Crippen LogP) is -0.776. The minimum atomic E-state index is -1.12. The maximum atomic E-state index is 11.9. The third kappa shape index (κ3) is 4.14. The Morgan fingerprint density at radius 2 is 2.05 bits per heavy atom. The molecule has 7 nitrogen and oxygen atoms in total. The quantitative estimate of drug-likeness (QED) is 0.470. The molecule has 20 heavy (non-hydrogen) atoms. The van der Waals surface area contributed by atoms with Crippen molar-refractivity contribution in [1.82, 2.24) is 4.90 Å². The molecule has 1 heterocycles. The molecular weight excluding hydrogens is 266 g/mol. The van der Waals surface area contributed by atoms with Crippen LogP contribution in [0, 0.1) is 5.92 Å². The van der Waals surface area contributed by atoms with Gasteiger partial charge >= 0.3 is 5.97 Å². The van der Waals surface area contributed by atoms with Gasteiger partial charge in [-0.1, -0.05) is 13.8 Å². The van der Waals surface area contributed by atoms with Gasteiger partial charge in [0.1, 0.15) is 12.7 Å². The number of carbonyl (C=O) groups excluding carboxylic acids is 3. The molecule has 0 bridgehead atoms. The molecule has 2 N–H and O–H groups in total. The van der Waals surface area contributed by atoms with Crippen LogP contribution in [0.2, 0.25) is 0 Å². The molecule has 0 aromatic heterocycles. The van der Waals surface area contributed by atoms with Crippen molar-refractivity contribution >= 4 is 17.8 Å². The molecule has 2 amide bonds. The molecule has 0 aromatic carbocycles. The molecule has 0 fully saturated rings. The zero-order valence-corrected chi connectivity index (χ0v) is 11.5. The topological polar surface area (TPSA) is 104 Å². The Morgan fingerprint density at radius 3 is 2.55 bits per heavy atom. The maximum Gasteiger partial charge on any atom is 0.307 e. The fraction of sp³-hybridized carbons (Fsp3) is 0.615. The van der Waals surface area contributed by atoms with Crippen molar-refractivity contribution in [2.24, 2.45) is 5.92 Å². The number of hydrogen-bond acceptors (Lipinski definition) is 6. The van der Waals surface area contributed by atoms with E-state index in [0.29, 0.717) is 5.57 Å². The van der Waals surface area contributed by atoms with E-state index in [4.69, 9.17) is 10.2 Å². The number of aliphatic hydroxyl groups is 2. The molecule has 112 valence electrons. The molecule has 0 aliphatic carbocycles. The first-order valence-electron chi connectivity index (χ1n) is 6.38. The minimum absolute atomic E-state index is 0.0527. The lowest BCUT2D eigenvalue weighted by molar-refractivity contribution is -0.148. The van der Waals surface area contributed by atoms with Gasteiger partial charge in [0.15, 0.2) is 0 Å². The van der Waals surface area contributed by atoms with Crippen molar-refractivity contribution < 1.29 is 29.3 Å². The molecule has 0 saturated carbocycles. The summed E-state index contributed by atoms with van der Waals surface area (Å²) in [4.78, 5) is 35.9. The summed E-state index contributed by atoms with van der Waals surface area (Å²) in [5, 5.41) is 17.6. The van der Waals surface area contributed by atoms with Gasteiger partial charge in [-0.2, -0.15) is 0 Å². The zero-order valence-electron chi connectivity index (χ0n) is 11.5. The summed E-state index contributed by atoms with van der Waals surface area (Å²) in [5.41, 5.74) is 0.430. The van der Waals surface area contributed by atoms with Crippen LogP contribution in [0.5, 0.6) is 0 Å². The molecule has 0 unspecified atom stereocenters. The fourth-order valence-corrected chi connectivity index (χ4v) is 1.67. The molecule has 0 spiro atoms. The normalized spacial score (nSPS) is 16.6. The lowest BCUT2D eigenvalue weighted by Crippen LogP contribution is -2.34. The van der Waals surface area contributed by atoms with E-state index >= 15 is 0 Å². The number of rotatable bonds is 7. The summed E-state index contributed by atoms with van der Waals surface area (Å²) in [6.07, 6.45) is 0.0195. The Morgan fingerprint density at radius 1 is 1.40 bits per heavy atom. The van der Waals surface area contributed by atoms with Crippen LogP contribution in [0.3, 0.4) is 0 Å². The second kappa shape index (κ2) is 7.16. The summed E-state index contributed by atoms with van der Waals surface area (Å²) < 4.78 is 4.68. The summed E-state index contributed by atoms with van der Waals surface area (Å²) in [7, 11) is 0. The van der Waals surface area contributed by atoms with Gasteiger partial charge < -0.3 is 14.9 Å². The standard InChI is InChI=1S/C13H19NO6/c1-8(2)10-5-11(17)14(13(10)19)4-3-12(18)20-7-9(16)6-15/h5,8-9,15-16H,3-4,6-7H2,1-2H3/t9-/m1/s1. The minimum Gasteiger partial charge on any atom is -0.463 e. The van der Waals surface area contributed by atoms with E-state index in [2.05, 4.69) is 4.74 Å². The summed E-state index contributed by atoms with van der Waals surface area (Å²) in [6.45, 7) is 2.75. The van der Waals surface area contributed by atoms with Gasteiger partial charge in [-0.05, 0) is 5.92 Å². The third-order valence-electron chi connectivity index (χ3n) is 2.85. The molecule has 1 aliphatic heterocycles. The third-order valence-corrected chi connectivity index (χ3v) is 2.85. The van der Waals surface area contributed by atoms with Crippen LogP contribution < -0.4 is 0 Å². The molecule has 7 heteroatoms. The Labute approximate surface area is 116 Å². The van der Waals surface area contributed by atoms with Crippen LogP contribution in [0.4, 0.5) is 0 Å². The van der Waals surface area contributed by atoms with Crippen LogP contribution in [0.15, 0.2) is 11.6 Å². The van der Waals surface area contributed by atoms with Gasteiger partial charge in [0.25, 0.3) is 11.8 Å². The average Bonchev–Trinajstić information content (AvgIpc) is 2.69. The van der Waals surface area contributed by atoms with Crippen molar-refractivity contribution in [3.63, 3.8) is 0 Å². The number of hydrogen-bond donors (Lipinski definition) is 2. The Hall–Kier alpha value is -1.73. The highest BCUT2D eigenvalue weighted by atomic mass is 16.5. The van der Waals surface area contributed by atoms with Crippen molar-refractivity contribution in [1.29, 1.82) is 0 Å². The van der Waals surface area contributed by atoms with Crippen molar-refractivity contribution in [2.45, 2.75) is 26.4 Å². The first kappa shape index (κ1) is 16.3. The summed E-state index contributed by atoms with van der Waals surface area (Å²) in [5.74, 6) is -1.51. The molecule has 1 aliphatic rings. The molecule has 0 radical (unpaired) electrons. The number of amides is 2. The van der Waals surface area contributed by atoms with Gasteiger partial charge in [-0.25, -0.2) is 0 Å². The monoisotopic (exact) mass is 285 g/mol. The maximum absolute atomic E-state index is 11.9. The molecule has 1 rings (SSSR count). The zero-order chi connectivity index (χ0) is 15.3. The van der Waals surface area contributed by atoms with E-state index < -0.39 is 24.6 Å². The van der Waals surface area contributed by atoms with E-state index in [9.17, 15) is 14.4 Å². The number of aliphatic hydroxyl groups excluding tert-OH is 2. The van der Waals surface area contributed by atoms with Crippen LogP contribution in [0.1, 0.15) is 20.3 Å². The molecule has 0 saturated heterocycles. The number of ether oxygens (including phenoxy) is 1. The molecule has 0 aromatic rings. The van der Waals surface area contributed by atoms with Gasteiger partial charge in [0.2, 0.25) is 0 Å². The number of carbonyl (C=O) groups is 3. The highest BCUT2D eigenvalue weighted by Crippen LogP contribution is 2.20. The second-order valence-electron chi connectivity index (χ2n) is 4.82. The Balaban J connectivity index is 2.42. The van der Waals surface area contributed by atoms with E-state index in [-0.39, 0.29) is 31.4 Å². The number of esters is 1. The van der Waals surface area contributed by atoms with Gasteiger partial charge in [0, 0.05) is 18.2 Å². The summed E-state index contributed by atoms with van der Waals surface area (Å²) in [6, 6.07) is 0. The lowest BCUT2D eigenvalue weighted by atomic mass is 10.0. The second-order valence-corrected chi connectivity index (χ2v) is 4.82. The lowest BCUT2D eigenvalue weighted by Gasteiger charge is -2.15. The van der Waals surface area contributed by atoms with Crippen LogP contribution in [-0.2, 0) is 19.1 Å². The van der Waals surface area contributed by atoms with Gasteiger partial charge in [-0.3, -0.25) is 19.3 Å². The van der Waals surface area contributed by atoms with Crippen LogP contribution >= 0.6 is 0 Å². The first-order valence-corrected chi connectivity index (χ1v) is 6.38. The highest BCUT2D eigenvalue weighted by Gasteiger charge is 2.32. The fourth-order valence-electron chi connectivity index (χ4n) is 1.67. The van der Waals surface area contributed by atoms with E-state index in [0.717, 1.165) is 4.90 Å². The first-order chi connectivity index (χ1) is 9.36. The number of imide groups is 1. The van der Waals surface area contributed by atoms with Gasteiger partial charge in [0.05, 0.1) is 13.0 Å². The molecule has 1 atom stereocenters. The summed E-state index contributed by atoms with van der Waals surface area (Å²) >= 11 is 0. The average molecular weight is 285 g/mol. The van der Waals surface area contributed by atoms with Crippen molar-refractivity contribution in [2.75, 3.05) is 19.8 Å². The van der Waals surface area contributed by atoms with Crippen LogP contribution in [0.25, 0.3) is 0 Å². The smallest absolute Gasteiger partial charge is 0.307 e. The van der Waals surface area contributed by atoms with Crippen LogP contribution in [-0.4, -0.2) is 58.8 Å². The highest BCUT2D eigenvalue weighted by molar-refractivity contribution is 6.16.